The molecule has 1 aromatic rings. The maximum absolute atomic E-state index is 12.1. The largest absolute Gasteiger partial charge is 0.493 e. The van der Waals surface area contributed by atoms with Gasteiger partial charge in [-0.3, -0.25) is 0 Å². The van der Waals surface area contributed by atoms with Crippen LogP contribution in [0.5, 0.6) is 5.75 Å². The van der Waals surface area contributed by atoms with Crippen molar-refractivity contribution in [3.63, 3.8) is 0 Å². The number of ether oxygens (including phenoxy) is 1. The summed E-state index contributed by atoms with van der Waals surface area (Å²) in [5.74, 6) is 0.511. The molecule has 0 bridgehead atoms. The van der Waals surface area contributed by atoms with E-state index in [4.69, 9.17) is 4.74 Å². The van der Waals surface area contributed by atoms with Crippen LogP contribution in [-0.2, 0) is 6.54 Å². The number of benzene rings is 1. The molecule has 5 heteroatoms. The Hall–Kier alpha value is -1.23. The van der Waals surface area contributed by atoms with Crippen molar-refractivity contribution in [2.75, 3.05) is 6.61 Å². The van der Waals surface area contributed by atoms with Gasteiger partial charge in [-0.25, -0.2) is 0 Å². The lowest BCUT2D eigenvalue weighted by atomic mass is 10.1. The fraction of sp³-hybridized carbons (Fsp3) is 0.600. The lowest BCUT2D eigenvalue weighted by Gasteiger charge is -2.22. The van der Waals surface area contributed by atoms with Crippen LogP contribution in [0.25, 0.3) is 0 Å². The van der Waals surface area contributed by atoms with Gasteiger partial charge in [0.15, 0.2) is 0 Å². The molecule has 1 rings (SSSR count). The van der Waals surface area contributed by atoms with Gasteiger partial charge in [0.1, 0.15) is 5.75 Å². The van der Waals surface area contributed by atoms with Gasteiger partial charge in [-0.1, -0.05) is 17.7 Å². The van der Waals surface area contributed by atoms with E-state index in [2.05, 4.69) is 5.32 Å². The van der Waals surface area contributed by atoms with Crippen LogP contribution in [0.15, 0.2) is 18.2 Å². The van der Waals surface area contributed by atoms with Gasteiger partial charge in [0.25, 0.3) is 0 Å². The van der Waals surface area contributed by atoms with Crippen molar-refractivity contribution in [2.45, 2.75) is 52.4 Å². The van der Waals surface area contributed by atoms with Gasteiger partial charge in [-0.2, -0.15) is 13.2 Å². The fourth-order valence-corrected chi connectivity index (χ4v) is 1.62. The number of hydrogen-bond acceptors (Lipinski definition) is 2. The van der Waals surface area contributed by atoms with Crippen molar-refractivity contribution in [3.8, 4) is 5.75 Å². The van der Waals surface area contributed by atoms with Crippen molar-refractivity contribution >= 4 is 0 Å². The van der Waals surface area contributed by atoms with Crippen LogP contribution in [0.4, 0.5) is 13.2 Å². The minimum atomic E-state index is -4.19. The molecule has 0 radical (unpaired) electrons. The summed E-state index contributed by atoms with van der Waals surface area (Å²) in [5, 5.41) is 3.31. The van der Waals surface area contributed by atoms with Gasteiger partial charge in [0.05, 0.1) is 13.0 Å². The highest BCUT2D eigenvalue weighted by Gasteiger charge is 2.27. The van der Waals surface area contributed by atoms with Gasteiger partial charge in [-0.05, 0) is 33.8 Å². The van der Waals surface area contributed by atoms with Crippen molar-refractivity contribution in [1.29, 1.82) is 0 Å². The van der Waals surface area contributed by atoms with Gasteiger partial charge >= 0.3 is 6.18 Å². The molecule has 0 amide bonds. The zero-order chi connectivity index (χ0) is 15.4. The van der Waals surface area contributed by atoms with Gasteiger partial charge < -0.3 is 10.1 Å². The van der Waals surface area contributed by atoms with E-state index in [0.29, 0.717) is 12.3 Å². The number of halogens is 3. The van der Waals surface area contributed by atoms with E-state index in [1.807, 2.05) is 39.8 Å². The van der Waals surface area contributed by atoms with E-state index in [-0.39, 0.29) is 12.1 Å². The predicted octanol–water partition coefficient (Wildman–Crippen LogP) is 4.21. The highest BCUT2D eigenvalue weighted by molar-refractivity contribution is 5.37. The maximum Gasteiger partial charge on any atom is 0.392 e. The summed E-state index contributed by atoms with van der Waals surface area (Å²) in [5.41, 5.74) is 1.87. The SMILES string of the molecule is Cc1ccc(OCCC(F)(F)F)c(CNC(C)(C)C)c1. The Bertz CT molecular complexity index is 436. The van der Waals surface area contributed by atoms with Gasteiger partial charge in [0, 0.05) is 17.6 Å². The second-order valence-corrected chi connectivity index (χ2v) is 5.93. The summed E-state index contributed by atoms with van der Waals surface area (Å²) in [6.07, 6.45) is -5.12. The normalized spacial score (nSPS) is 12.6. The van der Waals surface area contributed by atoms with Crippen molar-refractivity contribution in [2.24, 2.45) is 0 Å². The minimum Gasteiger partial charge on any atom is -0.493 e. The molecule has 2 nitrogen and oxygen atoms in total. The average Bonchev–Trinajstić information content (AvgIpc) is 2.26. The lowest BCUT2D eigenvalue weighted by Crippen LogP contribution is -2.35. The Morgan fingerprint density at radius 3 is 2.35 bits per heavy atom. The van der Waals surface area contributed by atoms with Crippen LogP contribution >= 0.6 is 0 Å². The highest BCUT2D eigenvalue weighted by Crippen LogP contribution is 2.24. The van der Waals surface area contributed by atoms with Crippen LogP contribution in [0, 0.1) is 6.92 Å². The first kappa shape index (κ1) is 16.8. The second kappa shape index (κ2) is 6.48. The number of aryl methyl sites for hydroxylation is 1. The van der Waals surface area contributed by atoms with E-state index in [1.165, 1.54) is 0 Å². The van der Waals surface area contributed by atoms with Crippen molar-refractivity contribution < 1.29 is 17.9 Å². The molecule has 0 saturated heterocycles. The van der Waals surface area contributed by atoms with E-state index in [9.17, 15) is 13.2 Å². The van der Waals surface area contributed by atoms with Crippen molar-refractivity contribution in [1.82, 2.24) is 5.32 Å². The number of rotatable bonds is 5. The lowest BCUT2D eigenvalue weighted by molar-refractivity contribution is -0.139. The Morgan fingerprint density at radius 1 is 1.15 bits per heavy atom. The molecular weight excluding hydrogens is 267 g/mol. The third kappa shape index (κ3) is 6.80. The topological polar surface area (TPSA) is 21.3 Å². The standard InChI is InChI=1S/C15H22F3NO/c1-11-5-6-13(20-8-7-15(16,17)18)12(9-11)10-19-14(2,3)4/h5-6,9,19H,7-8,10H2,1-4H3. The Labute approximate surface area is 118 Å². The van der Waals surface area contributed by atoms with Gasteiger partial charge in [-0.15, -0.1) is 0 Å². The molecule has 0 unspecified atom stereocenters. The summed E-state index contributed by atoms with van der Waals surface area (Å²) in [7, 11) is 0. The Kier molecular flexibility index (Phi) is 5.45. The molecule has 0 aliphatic heterocycles. The van der Waals surface area contributed by atoms with Crippen LogP contribution in [0.1, 0.15) is 38.3 Å². The molecule has 20 heavy (non-hydrogen) atoms. The van der Waals surface area contributed by atoms with Crippen LogP contribution in [0.3, 0.4) is 0 Å². The third-order valence-corrected chi connectivity index (χ3v) is 2.67. The molecule has 0 aromatic heterocycles. The number of nitrogens with one attached hydrogen (secondary N) is 1. The molecule has 1 N–H and O–H groups in total. The summed E-state index contributed by atoms with van der Waals surface area (Å²) in [6.45, 7) is 8.26. The first-order valence-electron chi connectivity index (χ1n) is 6.61. The monoisotopic (exact) mass is 289 g/mol. The first-order chi connectivity index (χ1) is 9.07. The van der Waals surface area contributed by atoms with Crippen LogP contribution in [-0.4, -0.2) is 18.3 Å². The Balaban J connectivity index is 2.70. The molecule has 0 heterocycles. The molecule has 0 fully saturated rings. The predicted molar refractivity (Wildman–Crippen MR) is 73.9 cm³/mol. The zero-order valence-corrected chi connectivity index (χ0v) is 12.4. The van der Waals surface area contributed by atoms with E-state index < -0.39 is 12.6 Å². The summed E-state index contributed by atoms with van der Waals surface area (Å²) < 4.78 is 41.7. The molecule has 0 aliphatic carbocycles. The maximum atomic E-state index is 12.1. The molecular formula is C15H22F3NO. The van der Waals surface area contributed by atoms with Crippen LogP contribution in [0.2, 0.25) is 0 Å². The number of hydrogen-bond donors (Lipinski definition) is 1. The smallest absolute Gasteiger partial charge is 0.392 e. The molecule has 0 aliphatic rings. The summed E-state index contributed by atoms with van der Waals surface area (Å²) in [4.78, 5) is 0. The molecule has 0 spiro atoms. The molecule has 114 valence electrons. The van der Waals surface area contributed by atoms with Crippen LogP contribution < -0.4 is 10.1 Å². The van der Waals surface area contributed by atoms with E-state index >= 15 is 0 Å². The zero-order valence-electron chi connectivity index (χ0n) is 12.4. The van der Waals surface area contributed by atoms with Crippen molar-refractivity contribution in [3.05, 3.63) is 29.3 Å². The Morgan fingerprint density at radius 2 is 1.80 bits per heavy atom. The second-order valence-electron chi connectivity index (χ2n) is 5.93. The molecule has 0 saturated carbocycles. The first-order valence-corrected chi connectivity index (χ1v) is 6.61. The quantitative estimate of drug-likeness (QED) is 0.876. The average molecular weight is 289 g/mol. The number of alkyl halides is 3. The van der Waals surface area contributed by atoms with Gasteiger partial charge in [0.2, 0.25) is 0 Å². The highest BCUT2D eigenvalue weighted by atomic mass is 19.4. The summed E-state index contributed by atoms with van der Waals surface area (Å²) in [6, 6.07) is 5.50. The van der Waals surface area contributed by atoms with E-state index in [0.717, 1.165) is 11.1 Å². The van der Waals surface area contributed by atoms with E-state index in [1.54, 1.807) is 6.07 Å². The minimum absolute atomic E-state index is 0.0625. The third-order valence-electron chi connectivity index (χ3n) is 2.67. The fourth-order valence-electron chi connectivity index (χ4n) is 1.62. The molecule has 0 atom stereocenters. The molecule has 1 aromatic carbocycles. The summed E-state index contributed by atoms with van der Waals surface area (Å²) >= 11 is 0.